The molecular formula is C23H22FN5O3. The van der Waals surface area contributed by atoms with E-state index in [0.717, 1.165) is 31.9 Å². The first-order chi connectivity index (χ1) is 15.4. The lowest BCUT2D eigenvalue weighted by Gasteiger charge is -2.47. The van der Waals surface area contributed by atoms with Crippen LogP contribution in [0.3, 0.4) is 0 Å². The van der Waals surface area contributed by atoms with E-state index in [1.54, 1.807) is 19.4 Å². The van der Waals surface area contributed by atoms with Crippen molar-refractivity contribution < 1.29 is 14.3 Å². The van der Waals surface area contributed by atoms with Crippen molar-refractivity contribution in [3.05, 3.63) is 46.4 Å². The number of rotatable bonds is 4. The van der Waals surface area contributed by atoms with E-state index in [9.17, 15) is 24.3 Å². The third-order valence-corrected chi connectivity index (χ3v) is 7.09. The van der Waals surface area contributed by atoms with Gasteiger partial charge in [-0.2, -0.15) is 5.26 Å². The van der Waals surface area contributed by atoms with Gasteiger partial charge in [0.05, 0.1) is 17.7 Å². The van der Waals surface area contributed by atoms with Gasteiger partial charge in [0.2, 0.25) is 0 Å². The van der Waals surface area contributed by atoms with Crippen molar-refractivity contribution in [3.8, 4) is 17.2 Å². The Bertz CT molecular complexity index is 1330. The second-order valence-corrected chi connectivity index (χ2v) is 8.78. The molecule has 3 aromatic rings. The maximum atomic E-state index is 13.9. The molecule has 0 saturated heterocycles. The van der Waals surface area contributed by atoms with Gasteiger partial charge in [-0.05, 0) is 43.6 Å². The highest BCUT2D eigenvalue weighted by Crippen LogP contribution is 2.46. The van der Waals surface area contributed by atoms with E-state index in [2.05, 4.69) is 21.4 Å². The number of H-pyrrole nitrogens is 1. The fourth-order valence-electron chi connectivity index (χ4n) is 5.57. The smallest absolute Gasteiger partial charge is 0.308 e. The summed E-state index contributed by atoms with van der Waals surface area (Å²) in [7, 11) is 1.58. The molecule has 3 aliphatic rings. The number of pyridine rings is 2. The summed E-state index contributed by atoms with van der Waals surface area (Å²) in [6.45, 7) is 0. The van der Waals surface area contributed by atoms with Gasteiger partial charge in [0.15, 0.2) is 0 Å². The molecule has 3 N–H and O–H groups in total. The lowest BCUT2D eigenvalue weighted by atomic mass is 9.61. The van der Waals surface area contributed by atoms with Gasteiger partial charge < -0.3 is 20.0 Å². The molecule has 3 aliphatic carbocycles. The van der Waals surface area contributed by atoms with E-state index in [0.29, 0.717) is 22.2 Å². The second-order valence-electron chi connectivity index (χ2n) is 8.78. The number of aliphatic carboxylic acids is 1. The van der Waals surface area contributed by atoms with Gasteiger partial charge in [-0.3, -0.25) is 9.59 Å². The van der Waals surface area contributed by atoms with Crippen LogP contribution in [0.2, 0.25) is 0 Å². The van der Waals surface area contributed by atoms with Crippen LogP contribution in [0, 0.1) is 34.9 Å². The largest absolute Gasteiger partial charge is 0.481 e. The topological polar surface area (TPSA) is 124 Å². The fraction of sp³-hybridized carbons (Fsp3) is 0.391. The van der Waals surface area contributed by atoms with Crippen molar-refractivity contribution in [1.29, 1.82) is 5.26 Å². The number of carbonyl (C=O) groups is 1. The standard InChI is InChI=1S/C23H22FN5O3/c1-29-10-17(16-9-27-21-14(16)6-13(24)8-26-21)15(7-25)20(22(29)30)28-19-12-4-2-11(3-5-12)18(19)23(31)32/h6,8-12,18-19,28H,2-5H2,1H3,(H,26,27)(H,31,32)/t11-,12+,18-,19?/m0/s1. The van der Waals surface area contributed by atoms with Crippen LogP contribution in [0.15, 0.2) is 29.5 Å². The maximum Gasteiger partial charge on any atom is 0.308 e. The monoisotopic (exact) mass is 435 g/mol. The molecule has 0 radical (unpaired) electrons. The first kappa shape index (κ1) is 20.2. The van der Waals surface area contributed by atoms with E-state index in [1.807, 2.05) is 0 Å². The van der Waals surface area contributed by atoms with Gasteiger partial charge in [-0.15, -0.1) is 0 Å². The molecule has 0 aliphatic heterocycles. The molecule has 1 unspecified atom stereocenters. The molecule has 3 fully saturated rings. The van der Waals surface area contributed by atoms with Gasteiger partial charge >= 0.3 is 5.97 Å². The minimum Gasteiger partial charge on any atom is -0.481 e. The third-order valence-electron chi connectivity index (χ3n) is 7.09. The van der Waals surface area contributed by atoms with Gasteiger partial charge in [-0.1, -0.05) is 0 Å². The Kier molecular flexibility index (Phi) is 4.73. The number of aromatic amines is 1. The quantitative estimate of drug-likeness (QED) is 0.578. The Balaban J connectivity index is 1.66. The summed E-state index contributed by atoms with van der Waals surface area (Å²) in [5.41, 5.74) is 1.26. The highest BCUT2D eigenvalue weighted by atomic mass is 19.1. The van der Waals surface area contributed by atoms with E-state index in [-0.39, 0.29) is 23.1 Å². The highest BCUT2D eigenvalue weighted by molar-refractivity contribution is 5.96. The molecule has 6 rings (SSSR count). The van der Waals surface area contributed by atoms with Crippen LogP contribution in [0.5, 0.6) is 0 Å². The Morgan fingerprint density at radius 1 is 1.31 bits per heavy atom. The predicted molar refractivity (Wildman–Crippen MR) is 115 cm³/mol. The van der Waals surface area contributed by atoms with Gasteiger partial charge in [0.1, 0.15) is 23.2 Å². The number of anilines is 1. The molecule has 3 heterocycles. The van der Waals surface area contributed by atoms with Crippen LogP contribution in [-0.4, -0.2) is 31.7 Å². The summed E-state index contributed by atoms with van der Waals surface area (Å²) in [6.07, 6.45) is 7.83. The highest BCUT2D eigenvalue weighted by Gasteiger charge is 2.47. The average molecular weight is 435 g/mol. The summed E-state index contributed by atoms with van der Waals surface area (Å²) in [5, 5.41) is 23.6. The van der Waals surface area contributed by atoms with Crippen LogP contribution in [0.25, 0.3) is 22.2 Å². The number of fused-ring (bicyclic) bond motifs is 4. The maximum absolute atomic E-state index is 13.9. The van der Waals surface area contributed by atoms with Crippen molar-refractivity contribution in [3.63, 3.8) is 0 Å². The zero-order chi connectivity index (χ0) is 22.6. The first-order valence-electron chi connectivity index (χ1n) is 10.6. The Labute approximate surface area is 182 Å². The molecule has 0 amide bonds. The summed E-state index contributed by atoms with van der Waals surface area (Å²) < 4.78 is 15.2. The summed E-state index contributed by atoms with van der Waals surface area (Å²) >= 11 is 0. The number of nitriles is 1. The molecule has 2 bridgehead atoms. The van der Waals surface area contributed by atoms with Crippen LogP contribution in [-0.2, 0) is 11.8 Å². The molecule has 2 atom stereocenters. The molecule has 0 spiro atoms. The number of carboxylic acids is 1. The normalized spacial score (nSPS) is 24.4. The number of hydrogen-bond donors (Lipinski definition) is 3. The van der Waals surface area contributed by atoms with Crippen molar-refractivity contribution in [2.24, 2.45) is 24.8 Å². The molecule has 0 aromatic carbocycles. The average Bonchev–Trinajstić information content (AvgIpc) is 3.20. The summed E-state index contributed by atoms with van der Waals surface area (Å²) in [5.74, 6) is -1.79. The van der Waals surface area contributed by atoms with Gasteiger partial charge in [0, 0.05) is 42.0 Å². The number of nitrogens with zero attached hydrogens (tertiary/aromatic N) is 3. The summed E-state index contributed by atoms with van der Waals surface area (Å²) in [4.78, 5) is 32.1. The fourth-order valence-corrected chi connectivity index (χ4v) is 5.57. The number of hydrogen-bond acceptors (Lipinski definition) is 5. The molecule has 3 saturated carbocycles. The number of nitrogens with one attached hydrogen (secondary N) is 2. The lowest BCUT2D eigenvalue weighted by Crippen LogP contribution is -2.52. The van der Waals surface area contributed by atoms with E-state index in [1.165, 1.54) is 10.6 Å². The van der Waals surface area contributed by atoms with Crippen LogP contribution < -0.4 is 10.9 Å². The molecule has 3 aromatic heterocycles. The number of aromatic nitrogens is 3. The van der Waals surface area contributed by atoms with Crippen molar-refractivity contribution in [2.75, 3.05) is 5.32 Å². The van der Waals surface area contributed by atoms with Crippen molar-refractivity contribution >= 4 is 22.7 Å². The minimum atomic E-state index is -0.874. The molecule has 9 heteroatoms. The Hall–Kier alpha value is -3.67. The van der Waals surface area contributed by atoms with Gasteiger partial charge in [0.25, 0.3) is 5.56 Å². The third kappa shape index (κ3) is 3.06. The van der Waals surface area contributed by atoms with Crippen molar-refractivity contribution in [1.82, 2.24) is 14.5 Å². The molecule has 32 heavy (non-hydrogen) atoms. The Morgan fingerprint density at radius 3 is 2.72 bits per heavy atom. The van der Waals surface area contributed by atoms with E-state index >= 15 is 0 Å². The first-order valence-corrected chi connectivity index (χ1v) is 10.6. The van der Waals surface area contributed by atoms with Crippen LogP contribution >= 0.6 is 0 Å². The van der Waals surface area contributed by atoms with Gasteiger partial charge in [-0.25, -0.2) is 9.37 Å². The number of aryl methyl sites for hydroxylation is 1. The van der Waals surface area contributed by atoms with E-state index < -0.39 is 29.3 Å². The van der Waals surface area contributed by atoms with Crippen LogP contribution in [0.4, 0.5) is 10.1 Å². The predicted octanol–water partition coefficient (Wildman–Crippen LogP) is 3.24. The zero-order valence-electron chi connectivity index (χ0n) is 17.4. The SMILES string of the molecule is Cn1cc(-c2c[nH]c3ncc(F)cc23)c(C#N)c(NC2[C@H]3CC[C@H](CC3)[C@@H]2C(=O)O)c1=O. The second kappa shape index (κ2) is 7.48. The van der Waals surface area contributed by atoms with Crippen LogP contribution in [0.1, 0.15) is 31.2 Å². The Morgan fingerprint density at radius 2 is 2.03 bits per heavy atom. The van der Waals surface area contributed by atoms with Crippen molar-refractivity contribution in [2.45, 2.75) is 31.7 Å². The zero-order valence-corrected chi connectivity index (χ0v) is 17.4. The molecule has 164 valence electrons. The number of halogens is 1. The molecule has 8 nitrogen and oxygen atoms in total. The number of carboxylic acid groups (broad SMARTS) is 1. The molecular weight excluding hydrogens is 413 g/mol. The summed E-state index contributed by atoms with van der Waals surface area (Å²) in [6, 6.07) is 3.03. The minimum absolute atomic E-state index is 0.0650. The lowest BCUT2D eigenvalue weighted by molar-refractivity contribution is -0.148. The van der Waals surface area contributed by atoms with E-state index in [4.69, 9.17) is 0 Å².